The highest BCUT2D eigenvalue weighted by Crippen LogP contribution is 2.06. The number of ether oxygens (including phenoxy) is 1. The number of hydrogen-bond acceptors (Lipinski definition) is 4. The first-order chi connectivity index (χ1) is 8.98. The molecule has 0 bridgehead atoms. The second-order valence-electron chi connectivity index (χ2n) is 4.76. The van der Waals surface area contributed by atoms with Crippen LogP contribution in [0.2, 0.25) is 0 Å². The Morgan fingerprint density at radius 3 is 2.53 bits per heavy atom. The predicted octanol–water partition coefficient (Wildman–Crippen LogP) is 1.02. The summed E-state index contributed by atoms with van der Waals surface area (Å²) >= 11 is 0. The van der Waals surface area contributed by atoms with E-state index in [1.54, 1.807) is 38.1 Å². The summed E-state index contributed by atoms with van der Waals surface area (Å²) in [5.41, 5.74) is 0.424. The number of carbonyl (C=O) groups excluding carboxylic acids is 2. The van der Waals surface area contributed by atoms with Crippen molar-refractivity contribution in [3.8, 4) is 0 Å². The van der Waals surface area contributed by atoms with Gasteiger partial charge in [0.1, 0.15) is 6.29 Å². The summed E-state index contributed by atoms with van der Waals surface area (Å²) in [7, 11) is 0. The molecule has 0 aliphatic heterocycles. The van der Waals surface area contributed by atoms with Gasteiger partial charge in [-0.25, -0.2) is 0 Å². The van der Waals surface area contributed by atoms with Gasteiger partial charge in [0.2, 0.25) is 0 Å². The number of amides is 1. The Labute approximate surface area is 112 Å². The molecule has 0 aliphatic rings. The minimum Gasteiger partial charge on any atom is -0.393 e. The van der Waals surface area contributed by atoms with Crippen molar-refractivity contribution in [2.75, 3.05) is 19.8 Å². The summed E-state index contributed by atoms with van der Waals surface area (Å²) < 4.78 is 5.39. The Bertz CT molecular complexity index is 426. The van der Waals surface area contributed by atoms with Crippen LogP contribution in [0.4, 0.5) is 0 Å². The molecule has 0 atom stereocenters. The lowest BCUT2D eigenvalue weighted by Crippen LogP contribution is -2.34. The standard InChI is InChI=1S/C14H19NO4/c1-14(2,10-17)19-8-7-15-13(18)12-5-3-11(9-16)4-6-12/h3-6,9,17H,7-8,10H2,1-2H3,(H,15,18). The first-order valence-electron chi connectivity index (χ1n) is 6.07. The second kappa shape index (κ2) is 7.01. The maximum Gasteiger partial charge on any atom is 0.251 e. The molecule has 2 N–H and O–H groups in total. The zero-order chi connectivity index (χ0) is 14.3. The van der Waals surface area contributed by atoms with E-state index < -0.39 is 5.60 Å². The fraction of sp³-hybridized carbons (Fsp3) is 0.429. The highest BCUT2D eigenvalue weighted by Gasteiger charge is 2.16. The molecule has 1 aromatic rings. The Hall–Kier alpha value is -1.72. The summed E-state index contributed by atoms with van der Waals surface area (Å²) in [6.07, 6.45) is 0.729. The van der Waals surface area contributed by atoms with Gasteiger partial charge in [0.25, 0.3) is 5.91 Å². The SMILES string of the molecule is CC(C)(CO)OCCNC(=O)c1ccc(C=O)cc1. The van der Waals surface area contributed by atoms with E-state index in [4.69, 9.17) is 9.84 Å². The molecule has 0 saturated carbocycles. The van der Waals surface area contributed by atoms with Crippen molar-refractivity contribution in [2.45, 2.75) is 19.4 Å². The van der Waals surface area contributed by atoms with Crippen molar-refractivity contribution in [2.24, 2.45) is 0 Å². The maximum atomic E-state index is 11.7. The third-order valence-corrected chi connectivity index (χ3v) is 2.57. The number of benzene rings is 1. The molecule has 104 valence electrons. The average Bonchev–Trinajstić information content (AvgIpc) is 2.43. The van der Waals surface area contributed by atoms with Gasteiger partial charge in [-0.2, -0.15) is 0 Å². The third kappa shape index (κ3) is 5.19. The van der Waals surface area contributed by atoms with Gasteiger partial charge in [0.05, 0.1) is 18.8 Å². The fourth-order valence-electron chi connectivity index (χ4n) is 1.35. The highest BCUT2D eigenvalue weighted by molar-refractivity contribution is 5.94. The predicted molar refractivity (Wildman–Crippen MR) is 71.3 cm³/mol. The van der Waals surface area contributed by atoms with Crippen molar-refractivity contribution in [1.29, 1.82) is 0 Å². The molecule has 5 nitrogen and oxygen atoms in total. The summed E-state index contributed by atoms with van der Waals surface area (Å²) in [6, 6.07) is 6.37. The average molecular weight is 265 g/mol. The molecule has 0 aromatic heterocycles. The van der Waals surface area contributed by atoms with E-state index in [-0.39, 0.29) is 12.5 Å². The number of aliphatic hydroxyl groups is 1. The normalized spacial score (nSPS) is 11.1. The number of aliphatic hydroxyl groups excluding tert-OH is 1. The lowest BCUT2D eigenvalue weighted by Gasteiger charge is -2.22. The number of rotatable bonds is 7. The molecule has 0 aliphatic carbocycles. The number of hydrogen-bond donors (Lipinski definition) is 2. The number of nitrogens with one attached hydrogen (secondary N) is 1. The molecule has 0 spiro atoms. The second-order valence-corrected chi connectivity index (χ2v) is 4.76. The topological polar surface area (TPSA) is 75.6 Å². The summed E-state index contributed by atoms with van der Waals surface area (Å²) in [5.74, 6) is -0.220. The lowest BCUT2D eigenvalue weighted by molar-refractivity contribution is -0.0513. The van der Waals surface area contributed by atoms with Crippen molar-refractivity contribution in [3.05, 3.63) is 35.4 Å². The molecule has 0 unspecified atom stereocenters. The summed E-state index contributed by atoms with van der Waals surface area (Å²) in [5, 5.41) is 11.7. The van der Waals surface area contributed by atoms with Crippen molar-refractivity contribution < 1.29 is 19.4 Å². The van der Waals surface area contributed by atoms with Crippen LogP contribution in [0.25, 0.3) is 0 Å². The van der Waals surface area contributed by atoms with Crippen LogP contribution >= 0.6 is 0 Å². The van der Waals surface area contributed by atoms with Crippen LogP contribution in [-0.4, -0.2) is 42.7 Å². The largest absolute Gasteiger partial charge is 0.393 e. The minimum atomic E-state index is -0.601. The molecule has 19 heavy (non-hydrogen) atoms. The van der Waals surface area contributed by atoms with E-state index in [2.05, 4.69) is 5.32 Å². The lowest BCUT2D eigenvalue weighted by atomic mass is 10.1. The summed E-state index contributed by atoms with van der Waals surface area (Å²) in [6.45, 7) is 4.15. The van der Waals surface area contributed by atoms with Gasteiger partial charge in [-0.1, -0.05) is 12.1 Å². The Kier molecular flexibility index (Phi) is 5.66. The van der Waals surface area contributed by atoms with Gasteiger partial charge in [-0.05, 0) is 26.0 Å². The number of carbonyl (C=O) groups is 2. The quantitative estimate of drug-likeness (QED) is 0.570. The molecular formula is C14H19NO4. The van der Waals surface area contributed by atoms with Crippen LogP contribution in [0.1, 0.15) is 34.6 Å². The van der Waals surface area contributed by atoms with Crippen LogP contribution in [0.5, 0.6) is 0 Å². The van der Waals surface area contributed by atoms with Crippen LogP contribution in [-0.2, 0) is 4.74 Å². The van der Waals surface area contributed by atoms with Gasteiger partial charge < -0.3 is 15.2 Å². The molecule has 0 saturated heterocycles. The summed E-state index contributed by atoms with van der Waals surface area (Å²) in [4.78, 5) is 22.2. The van der Waals surface area contributed by atoms with Gasteiger partial charge in [0, 0.05) is 17.7 Å². The smallest absolute Gasteiger partial charge is 0.251 e. The van der Waals surface area contributed by atoms with E-state index >= 15 is 0 Å². The van der Waals surface area contributed by atoms with E-state index in [0.29, 0.717) is 24.3 Å². The van der Waals surface area contributed by atoms with Crippen molar-refractivity contribution in [1.82, 2.24) is 5.32 Å². The van der Waals surface area contributed by atoms with E-state index in [1.807, 2.05) is 0 Å². The molecule has 0 heterocycles. The Balaban J connectivity index is 2.37. The van der Waals surface area contributed by atoms with E-state index in [0.717, 1.165) is 6.29 Å². The Morgan fingerprint density at radius 1 is 1.37 bits per heavy atom. The first kappa shape index (κ1) is 15.3. The van der Waals surface area contributed by atoms with Crippen molar-refractivity contribution in [3.63, 3.8) is 0 Å². The molecule has 0 radical (unpaired) electrons. The van der Waals surface area contributed by atoms with Crippen LogP contribution < -0.4 is 5.32 Å². The van der Waals surface area contributed by atoms with Gasteiger partial charge in [-0.15, -0.1) is 0 Å². The third-order valence-electron chi connectivity index (χ3n) is 2.57. The van der Waals surface area contributed by atoms with E-state index in [1.165, 1.54) is 0 Å². The molecule has 1 amide bonds. The molecule has 5 heteroatoms. The van der Waals surface area contributed by atoms with Crippen LogP contribution in [0.3, 0.4) is 0 Å². The van der Waals surface area contributed by atoms with E-state index in [9.17, 15) is 9.59 Å². The van der Waals surface area contributed by atoms with Crippen LogP contribution in [0, 0.1) is 0 Å². The molecular weight excluding hydrogens is 246 g/mol. The zero-order valence-corrected chi connectivity index (χ0v) is 11.2. The zero-order valence-electron chi connectivity index (χ0n) is 11.2. The van der Waals surface area contributed by atoms with Crippen LogP contribution in [0.15, 0.2) is 24.3 Å². The molecule has 1 aromatic carbocycles. The number of aldehydes is 1. The first-order valence-corrected chi connectivity index (χ1v) is 6.07. The highest BCUT2D eigenvalue weighted by atomic mass is 16.5. The van der Waals surface area contributed by atoms with Crippen molar-refractivity contribution >= 4 is 12.2 Å². The monoisotopic (exact) mass is 265 g/mol. The van der Waals surface area contributed by atoms with Gasteiger partial charge in [0.15, 0.2) is 0 Å². The molecule has 1 rings (SSSR count). The molecule has 0 fully saturated rings. The fourth-order valence-corrected chi connectivity index (χ4v) is 1.35. The Morgan fingerprint density at radius 2 is 2.00 bits per heavy atom. The minimum absolute atomic E-state index is 0.0753. The van der Waals surface area contributed by atoms with Gasteiger partial charge in [-0.3, -0.25) is 9.59 Å². The maximum absolute atomic E-state index is 11.7. The van der Waals surface area contributed by atoms with Gasteiger partial charge >= 0.3 is 0 Å².